The summed E-state index contributed by atoms with van der Waals surface area (Å²) in [5, 5.41) is 0. The van der Waals surface area contributed by atoms with Crippen molar-refractivity contribution in [2.24, 2.45) is 0 Å². The molecule has 16 heavy (non-hydrogen) atoms. The molecule has 0 bridgehead atoms. The molecule has 0 N–H and O–H groups in total. The molecule has 0 aliphatic rings. The lowest BCUT2D eigenvalue weighted by atomic mass is 10.1. The molecular formula is C13H12O3. The van der Waals surface area contributed by atoms with E-state index in [1.54, 1.807) is 13.2 Å². The van der Waals surface area contributed by atoms with Crippen molar-refractivity contribution < 1.29 is 13.9 Å². The molecule has 0 aliphatic carbocycles. The average Bonchev–Trinajstić information content (AvgIpc) is 2.74. The van der Waals surface area contributed by atoms with Crippen LogP contribution in [0.2, 0.25) is 0 Å². The highest BCUT2D eigenvalue weighted by molar-refractivity contribution is 5.79. The average molecular weight is 216 g/mol. The highest BCUT2D eigenvalue weighted by Gasteiger charge is 2.11. The van der Waals surface area contributed by atoms with Crippen molar-refractivity contribution in [2.75, 3.05) is 7.11 Å². The van der Waals surface area contributed by atoms with Crippen molar-refractivity contribution in [3.05, 3.63) is 47.7 Å². The molecule has 0 aliphatic heterocycles. The quantitative estimate of drug-likeness (QED) is 0.737. The van der Waals surface area contributed by atoms with Gasteiger partial charge in [-0.05, 0) is 6.07 Å². The summed E-state index contributed by atoms with van der Waals surface area (Å²) in [4.78, 5) is 10.8. The van der Waals surface area contributed by atoms with E-state index in [4.69, 9.17) is 9.15 Å². The maximum atomic E-state index is 10.8. The maximum absolute atomic E-state index is 10.8. The van der Waals surface area contributed by atoms with E-state index in [2.05, 4.69) is 0 Å². The Morgan fingerprint density at radius 3 is 2.69 bits per heavy atom. The fourth-order valence-corrected chi connectivity index (χ4v) is 1.53. The predicted molar refractivity (Wildman–Crippen MR) is 60.2 cm³/mol. The van der Waals surface area contributed by atoms with Crippen LogP contribution in [-0.2, 0) is 11.3 Å². The lowest BCUT2D eigenvalue weighted by molar-refractivity contribution is 0.111. The van der Waals surface area contributed by atoms with Crippen LogP contribution in [-0.4, -0.2) is 13.4 Å². The van der Waals surface area contributed by atoms with Crippen LogP contribution in [0.5, 0.6) is 0 Å². The Bertz CT molecular complexity index is 471. The highest BCUT2D eigenvalue weighted by atomic mass is 16.5. The van der Waals surface area contributed by atoms with Crippen molar-refractivity contribution in [1.29, 1.82) is 0 Å². The fourth-order valence-electron chi connectivity index (χ4n) is 1.53. The Balaban J connectivity index is 2.40. The molecule has 0 unspecified atom stereocenters. The summed E-state index contributed by atoms with van der Waals surface area (Å²) in [5.74, 6) is 1.26. The van der Waals surface area contributed by atoms with Gasteiger partial charge in [-0.2, -0.15) is 0 Å². The summed E-state index contributed by atoms with van der Waals surface area (Å²) in [6.45, 7) is 0.306. The van der Waals surface area contributed by atoms with Crippen LogP contribution in [0.3, 0.4) is 0 Å². The van der Waals surface area contributed by atoms with Crippen LogP contribution in [0, 0.1) is 0 Å². The van der Waals surface area contributed by atoms with Crippen molar-refractivity contribution in [2.45, 2.75) is 6.61 Å². The predicted octanol–water partition coefficient (Wildman–Crippen LogP) is 2.91. The molecule has 3 nitrogen and oxygen atoms in total. The summed E-state index contributed by atoms with van der Waals surface area (Å²) in [5.41, 5.74) is 1.49. The van der Waals surface area contributed by atoms with Crippen LogP contribution in [0.25, 0.3) is 11.3 Å². The van der Waals surface area contributed by atoms with E-state index in [1.807, 2.05) is 30.3 Å². The Labute approximate surface area is 93.7 Å². The van der Waals surface area contributed by atoms with E-state index in [0.29, 0.717) is 23.7 Å². The van der Waals surface area contributed by atoms with E-state index in [1.165, 1.54) is 0 Å². The lowest BCUT2D eigenvalue weighted by Gasteiger charge is -1.96. The molecule has 0 saturated carbocycles. The Hall–Kier alpha value is -1.87. The van der Waals surface area contributed by atoms with Gasteiger partial charge in [-0.3, -0.25) is 4.79 Å². The van der Waals surface area contributed by atoms with E-state index < -0.39 is 0 Å². The molecule has 3 heteroatoms. The Morgan fingerprint density at radius 1 is 1.31 bits per heavy atom. The molecule has 82 valence electrons. The van der Waals surface area contributed by atoms with Gasteiger partial charge in [-0.1, -0.05) is 30.3 Å². The summed E-state index contributed by atoms with van der Waals surface area (Å²) in [6.07, 6.45) is 0.782. The minimum Gasteiger partial charge on any atom is -0.458 e. The number of methoxy groups -OCH3 is 1. The first-order valence-electron chi connectivity index (χ1n) is 4.97. The number of benzene rings is 1. The third-order valence-electron chi connectivity index (χ3n) is 2.30. The molecule has 0 saturated heterocycles. The third-order valence-corrected chi connectivity index (χ3v) is 2.30. The second-order valence-corrected chi connectivity index (χ2v) is 3.41. The molecule has 1 heterocycles. The number of carbonyl (C=O) groups excluding carboxylic acids is 1. The Kier molecular flexibility index (Phi) is 3.17. The van der Waals surface area contributed by atoms with E-state index >= 15 is 0 Å². The molecule has 0 amide bonds. The van der Waals surface area contributed by atoms with Gasteiger partial charge in [-0.15, -0.1) is 0 Å². The molecule has 2 aromatic rings. The number of hydrogen-bond donors (Lipinski definition) is 0. The smallest absolute Gasteiger partial charge is 0.153 e. The molecule has 0 atom stereocenters. The van der Waals surface area contributed by atoms with E-state index in [0.717, 1.165) is 11.8 Å². The molecule has 0 radical (unpaired) electrons. The molecular weight excluding hydrogens is 204 g/mol. The van der Waals surface area contributed by atoms with Crippen molar-refractivity contribution >= 4 is 6.29 Å². The number of carbonyl (C=O) groups is 1. The second kappa shape index (κ2) is 4.77. The third kappa shape index (κ3) is 2.04. The van der Waals surface area contributed by atoms with Gasteiger partial charge in [0.05, 0.1) is 5.56 Å². The van der Waals surface area contributed by atoms with E-state index in [9.17, 15) is 4.79 Å². The molecule has 2 rings (SSSR count). The zero-order valence-corrected chi connectivity index (χ0v) is 8.97. The lowest BCUT2D eigenvalue weighted by Crippen LogP contribution is -1.88. The van der Waals surface area contributed by atoms with Gasteiger partial charge in [0.1, 0.15) is 18.1 Å². The number of aldehydes is 1. The first kappa shape index (κ1) is 10.6. The number of furan rings is 1. The summed E-state index contributed by atoms with van der Waals surface area (Å²) >= 11 is 0. The van der Waals surface area contributed by atoms with Crippen molar-refractivity contribution in [1.82, 2.24) is 0 Å². The number of ether oxygens (including phenoxy) is 1. The van der Waals surface area contributed by atoms with Crippen LogP contribution in [0.15, 0.2) is 40.8 Å². The van der Waals surface area contributed by atoms with Crippen LogP contribution >= 0.6 is 0 Å². The molecule has 0 spiro atoms. The molecule has 1 aromatic heterocycles. The van der Waals surface area contributed by atoms with Crippen LogP contribution in [0.1, 0.15) is 16.1 Å². The Morgan fingerprint density at radius 2 is 2.06 bits per heavy atom. The molecule has 0 fully saturated rings. The largest absolute Gasteiger partial charge is 0.458 e. The first-order chi connectivity index (χ1) is 7.85. The summed E-state index contributed by atoms with van der Waals surface area (Å²) in [6, 6.07) is 11.4. The topological polar surface area (TPSA) is 39.4 Å². The van der Waals surface area contributed by atoms with Gasteiger partial charge in [0, 0.05) is 12.7 Å². The zero-order chi connectivity index (χ0) is 11.4. The van der Waals surface area contributed by atoms with Crippen LogP contribution < -0.4 is 0 Å². The summed E-state index contributed by atoms with van der Waals surface area (Å²) < 4.78 is 10.5. The fraction of sp³-hybridized carbons (Fsp3) is 0.154. The summed E-state index contributed by atoms with van der Waals surface area (Å²) in [7, 11) is 1.57. The first-order valence-corrected chi connectivity index (χ1v) is 4.97. The standard InChI is InChI=1S/C13H12O3/c1-15-9-13-11(8-14)7-12(16-13)10-5-3-2-4-6-10/h2-8H,9H2,1H3. The molecule has 1 aromatic carbocycles. The SMILES string of the molecule is COCc1oc(-c2ccccc2)cc1C=O. The van der Waals surface area contributed by atoms with Gasteiger partial charge in [0.2, 0.25) is 0 Å². The number of rotatable bonds is 4. The van der Waals surface area contributed by atoms with Crippen LogP contribution in [0.4, 0.5) is 0 Å². The van der Waals surface area contributed by atoms with Crippen molar-refractivity contribution in [3.8, 4) is 11.3 Å². The van der Waals surface area contributed by atoms with E-state index in [-0.39, 0.29) is 0 Å². The van der Waals surface area contributed by atoms with Gasteiger partial charge in [0.25, 0.3) is 0 Å². The minimum atomic E-state index is 0.306. The van der Waals surface area contributed by atoms with Gasteiger partial charge in [0.15, 0.2) is 6.29 Å². The highest BCUT2D eigenvalue weighted by Crippen LogP contribution is 2.25. The maximum Gasteiger partial charge on any atom is 0.153 e. The second-order valence-electron chi connectivity index (χ2n) is 3.41. The zero-order valence-electron chi connectivity index (χ0n) is 8.97. The minimum absolute atomic E-state index is 0.306. The monoisotopic (exact) mass is 216 g/mol. The van der Waals surface area contributed by atoms with Crippen molar-refractivity contribution in [3.63, 3.8) is 0 Å². The van der Waals surface area contributed by atoms with Gasteiger partial charge in [-0.25, -0.2) is 0 Å². The normalized spacial score (nSPS) is 10.3. The van der Waals surface area contributed by atoms with Gasteiger partial charge >= 0.3 is 0 Å². The van der Waals surface area contributed by atoms with Gasteiger partial charge < -0.3 is 9.15 Å². The number of hydrogen-bond acceptors (Lipinski definition) is 3.